The second-order valence-corrected chi connectivity index (χ2v) is 8.80. The van der Waals surface area contributed by atoms with Crippen molar-refractivity contribution in [3.63, 3.8) is 0 Å². The van der Waals surface area contributed by atoms with E-state index >= 15 is 0 Å². The van der Waals surface area contributed by atoms with E-state index in [1.165, 1.54) is 16.8 Å². The molecule has 3 heterocycles. The average molecular weight is 631 g/mol. The van der Waals surface area contributed by atoms with E-state index < -0.39 is 30.2 Å². The molecule has 0 aliphatic heterocycles. The molecule has 3 aromatic heterocycles. The number of hydrogen-bond donors (Lipinski definition) is 4. The zero-order chi connectivity index (χ0) is 32.4. The fourth-order valence-electron chi connectivity index (χ4n) is 4.08. The summed E-state index contributed by atoms with van der Waals surface area (Å²) >= 11 is 0. The van der Waals surface area contributed by atoms with Crippen molar-refractivity contribution < 1.29 is 45.8 Å². The zero-order valence-corrected chi connectivity index (χ0v) is 23.1. The molecule has 44 heavy (non-hydrogen) atoms. The third-order valence-electron chi connectivity index (χ3n) is 5.95. The van der Waals surface area contributed by atoms with Gasteiger partial charge in [0.15, 0.2) is 17.2 Å². The predicted octanol–water partition coefficient (Wildman–Crippen LogP) is 4.06. The molecule has 0 bridgehead atoms. The Labute approximate surface area is 245 Å². The number of benzene rings is 1. The van der Waals surface area contributed by atoms with Gasteiger partial charge in [0, 0.05) is 42.9 Å². The van der Waals surface area contributed by atoms with Crippen molar-refractivity contribution in [2.45, 2.75) is 32.2 Å². The molecule has 1 unspecified atom stereocenters. The summed E-state index contributed by atoms with van der Waals surface area (Å²) in [6.45, 7) is 3.01. The Kier molecular flexibility index (Phi) is 11.6. The lowest BCUT2D eigenvalue weighted by atomic mass is 10.0. The van der Waals surface area contributed by atoms with Crippen LogP contribution in [-0.2, 0) is 22.1 Å². The number of carboxylic acid groups (broad SMARTS) is 1. The van der Waals surface area contributed by atoms with Gasteiger partial charge in [-0.1, -0.05) is 6.92 Å². The van der Waals surface area contributed by atoms with Crippen LogP contribution < -0.4 is 16.4 Å². The van der Waals surface area contributed by atoms with Crippen molar-refractivity contribution in [1.82, 2.24) is 29.5 Å². The first-order chi connectivity index (χ1) is 21.0. The molecule has 5 N–H and O–H groups in total. The molecule has 0 fully saturated rings. The minimum Gasteiger partial charge on any atom is -0.483 e. The lowest BCUT2D eigenvalue weighted by Crippen LogP contribution is -2.28. The number of amides is 1. The highest BCUT2D eigenvalue weighted by Gasteiger charge is 2.40. The fraction of sp³-hybridized carbons (Fsp3) is 0.346. The van der Waals surface area contributed by atoms with E-state index in [-0.39, 0.29) is 34.2 Å². The number of aryl methyl sites for hydroxylation is 1. The van der Waals surface area contributed by atoms with Crippen molar-refractivity contribution in [3.05, 3.63) is 59.8 Å². The number of ether oxygens (including phenoxy) is 1. The van der Waals surface area contributed by atoms with Crippen LogP contribution in [0.1, 0.15) is 34.8 Å². The van der Waals surface area contributed by atoms with E-state index in [4.69, 9.17) is 20.4 Å². The minimum absolute atomic E-state index is 0.0558. The second kappa shape index (κ2) is 15.1. The molecule has 0 spiro atoms. The van der Waals surface area contributed by atoms with Gasteiger partial charge in [0.1, 0.15) is 0 Å². The van der Waals surface area contributed by atoms with E-state index in [0.29, 0.717) is 55.7 Å². The SMILES string of the molecule is CCc1cc(Nc2nccn3c(-c4cn(C(F)C(F)F)nc4C(F)(F)F)cnc23)ccc1C(=O)NCCOCCN.O=CO. The van der Waals surface area contributed by atoms with Gasteiger partial charge in [0.25, 0.3) is 25.1 Å². The molecule has 1 amide bonds. The van der Waals surface area contributed by atoms with Crippen LogP contribution in [0.25, 0.3) is 16.9 Å². The first-order valence-corrected chi connectivity index (χ1v) is 12.9. The van der Waals surface area contributed by atoms with Crippen LogP contribution in [0.4, 0.5) is 37.8 Å². The van der Waals surface area contributed by atoms with Gasteiger partial charge >= 0.3 is 6.18 Å². The van der Waals surface area contributed by atoms with Gasteiger partial charge in [-0.25, -0.2) is 27.8 Å². The predicted molar refractivity (Wildman–Crippen MR) is 145 cm³/mol. The van der Waals surface area contributed by atoms with E-state index in [9.17, 15) is 31.1 Å². The molecule has 1 aromatic carbocycles. The summed E-state index contributed by atoms with van der Waals surface area (Å²) in [5, 5.41) is 15.8. The fourth-order valence-corrected chi connectivity index (χ4v) is 4.08. The van der Waals surface area contributed by atoms with Gasteiger partial charge in [0.2, 0.25) is 0 Å². The Balaban J connectivity index is 0.00000169. The van der Waals surface area contributed by atoms with Crippen LogP contribution in [0.2, 0.25) is 0 Å². The number of carbonyl (C=O) groups excluding carboxylic acids is 1. The number of aromatic nitrogens is 5. The summed E-state index contributed by atoms with van der Waals surface area (Å²) in [6, 6.07) is 4.98. The highest BCUT2D eigenvalue weighted by molar-refractivity contribution is 5.96. The summed E-state index contributed by atoms with van der Waals surface area (Å²) in [6.07, 6.45) is -6.91. The number of anilines is 2. The van der Waals surface area contributed by atoms with E-state index in [0.717, 1.165) is 6.20 Å². The summed E-state index contributed by atoms with van der Waals surface area (Å²) in [5.41, 5.74) is 4.82. The number of nitrogens with zero attached hydrogens (tertiary/aromatic N) is 5. The zero-order valence-electron chi connectivity index (χ0n) is 23.1. The van der Waals surface area contributed by atoms with Gasteiger partial charge in [-0.05, 0) is 30.2 Å². The molecule has 0 radical (unpaired) electrons. The van der Waals surface area contributed by atoms with Crippen LogP contribution in [0, 0.1) is 0 Å². The Morgan fingerprint density at radius 1 is 1.20 bits per heavy atom. The lowest BCUT2D eigenvalue weighted by Gasteiger charge is -2.13. The Hall–Kier alpha value is -4.71. The molecule has 4 aromatic rings. The number of hydrogen-bond acceptors (Lipinski definition) is 8. The van der Waals surface area contributed by atoms with Crippen LogP contribution in [0.3, 0.4) is 0 Å². The molecule has 12 nitrogen and oxygen atoms in total. The number of carbonyl (C=O) groups is 2. The molecule has 18 heteroatoms. The number of imidazole rings is 1. The monoisotopic (exact) mass is 630 g/mol. The van der Waals surface area contributed by atoms with Gasteiger partial charge in [-0.2, -0.15) is 18.3 Å². The molecule has 1 atom stereocenters. The summed E-state index contributed by atoms with van der Waals surface area (Å²) in [4.78, 5) is 29.4. The molecule has 0 saturated heterocycles. The van der Waals surface area contributed by atoms with Crippen LogP contribution in [0.5, 0.6) is 0 Å². The van der Waals surface area contributed by atoms with Gasteiger partial charge in [-0.15, -0.1) is 0 Å². The summed E-state index contributed by atoms with van der Waals surface area (Å²) < 4.78 is 87.0. The molecule has 0 aliphatic rings. The first-order valence-electron chi connectivity index (χ1n) is 12.9. The lowest BCUT2D eigenvalue weighted by molar-refractivity contribution is -0.141. The topological polar surface area (TPSA) is 162 Å². The van der Waals surface area contributed by atoms with Crippen LogP contribution in [0.15, 0.2) is 43.0 Å². The third kappa shape index (κ3) is 8.01. The maximum absolute atomic E-state index is 13.9. The molecule has 238 valence electrons. The Morgan fingerprint density at radius 2 is 1.93 bits per heavy atom. The molecular weight excluding hydrogens is 602 g/mol. The first kappa shape index (κ1) is 33.8. The number of rotatable bonds is 12. The second-order valence-electron chi connectivity index (χ2n) is 8.80. The van der Waals surface area contributed by atoms with E-state index in [1.54, 1.807) is 18.2 Å². The highest BCUT2D eigenvalue weighted by Crippen LogP contribution is 2.38. The number of halogens is 6. The number of nitrogens with two attached hydrogens (primary N) is 1. The highest BCUT2D eigenvalue weighted by atomic mass is 19.4. The van der Waals surface area contributed by atoms with Crippen LogP contribution in [-0.4, -0.2) is 74.4 Å². The van der Waals surface area contributed by atoms with E-state index in [1.807, 2.05) is 6.92 Å². The Morgan fingerprint density at radius 3 is 2.57 bits per heavy atom. The minimum atomic E-state index is -5.05. The third-order valence-corrected chi connectivity index (χ3v) is 5.95. The van der Waals surface area contributed by atoms with Crippen molar-refractivity contribution in [1.29, 1.82) is 0 Å². The Bertz CT molecular complexity index is 1560. The van der Waals surface area contributed by atoms with Gasteiger partial charge in [0.05, 0.1) is 30.7 Å². The number of nitrogens with one attached hydrogen (secondary N) is 2. The quantitative estimate of drug-likeness (QED) is 0.103. The number of fused-ring (bicyclic) bond motifs is 1. The van der Waals surface area contributed by atoms with Crippen LogP contribution >= 0.6 is 0 Å². The average Bonchev–Trinajstić information content (AvgIpc) is 3.62. The largest absolute Gasteiger partial charge is 0.483 e. The summed E-state index contributed by atoms with van der Waals surface area (Å²) in [5.74, 6) is -0.127. The van der Waals surface area contributed by atoms with Crippen molar-refractivity contribution in [2.75, 3.05) is 31.6 Å². The molecule has 4 rings (SSSR count). The van der Waals surface area contributed by atoms with Gasteiger partial charge < -0.3 is 26.2 Å². The molecule has 0 saturated carbocycles. The van der Waals surface area contributed by atoms with Gasteiger partial charge in [-0.3, -0.25) is 14.0 Å². The molecule has 0 aliphatic carbocycles. The normalized spacial score (nSPS) is 12.1. The molecular formula is C26H28F6N8O4. The maximum Gasteiger partial charge on any atom is 0.435 e. The number of alkyl halides is 6. The van der Waals surface area contributed by atoms with Crippen molar-refractivity contribution in [2.24, 2.45) is 5.73 Å². The standard InChI is InChI=1S/C25H26F6N8O2.CH2O2/c1-2-14-11-15(3-4-16(14)24(40)34-7-10-41-9-5-32)36-22-23-35-12-18(38(23)8-6-33-22)17-13-39(21(28)20(26)27)37-19(17)25(29,30)31;2-1-3/h3-4,6,8,11-13,20-21H,2,5,7,9-10,32H2,1H3,(H,33,36)(H,34,40);1H,(H,2,3). The van der Waals surface area contributed by atoms with Crippen molar-refractivity contribution in [3.8, 4) is 11.3 Å². The maximum atomic E-state index is 13.9. The summed E-state index contributed by atoms with van der Waals surface area (Å²) in [7, 11) is 0. The smallest absolute Gasteiger partial charge is 0.435 e. The van der Waals surface area contributed by atoms with E-state index in [2.05, 4.69) is 25.7 Å². The van der Waals surface area contributed by atoms with Crippen molar-refractivity contribution >= 4 is 29.5 Å².